The highest BCUT2D eigenvalue weighted by molar-refractivity contribution is 7.99. The van der Waals surface area contributed by atoms with E-state index in [1.165, 1.54) is 23.9 Å². The fourth-order valence-electron chi connectivity index (χ4n) is 1.63. The highest BCUT2D eigenvalue weighted by Gasteiger charge is 2.34. The topological polar surface area (TPSA) is 69.6 Å². The number of nitrogens with one attached hydrogen (secondary N) is 1. The number of thioether (sulfide) groups is 1. The number of nitrogens with zero attached hydrogens (tertiary/aromatic N) is 1. The number of carboxylic acid groups (broad SMARTS) is 1. The van der Waals surface area contributed by atoms with Crippen LogP contribution in [0.25, 0.3) is 0 Å². The van der Waals surface area contributed by atoms with E-state index >= 15 is 0 Å². The summed E-state index contributed by atoms with van der Waals surface area (Å²) < 4.78 is 13.5. The maximum absolute atomic E-state index is 13.5. The fourth-order valence-corrected chi connectivity index (χ4v) is 2.93. The van der Waals surface area contributed by atoms with Gasteiger partial charge in [-0.15, -0.1) is 11.8 Å². The lowest BCUT2D eigenvalue weighted by Gasteiger charge is -2.21. The Bertz CT molecular complexity index is 529. The lowest BCUT2D eigenvalue weighted by atomic mass is 10.3. The fraction of sp³-hybridized carbons (Fsp3) is 0.273. The van der Waals surface area contributed by atoms with E-state index in [1.807, 2.05) is 0 Å². The molecule has 1 aromatic carbocycles. The predicted molar refractivity (Wildman–Crippen MR) is 71.0 cm³/mol. The summed E-state index contributed by atoms with van der Waals surface area (Å²) in [5.74, 6) is -1.15. The van der Waals surface area contributed by atoms with Gasteiger partial charge in [-0.1, -0.05) is 11.6 Å². The third-order valence-corrected chi connectivity index (χ3v) is 3.85. The minimum absolute atomic E-state index is 0.0320. The summed E-state index contributed by atoms with van der Waals surface area (Å²) in [6.45, 7) is 0. The Kier molecular flexibility index (Phi) is 4.16. The minimum Gasteiger partial charge on any atom is -0.480 e. The van der Waals surface area contributed by atoms with Crippen LogP contribution < -0.4 is 5.32 Å². The second kappa shape index (κ2) is 5.66. The van der Waals surface area contributed by atoms with Gasteiger partial charge in [0.15, 0.2) is 0 Å². The third kappa shape index (κ3) is 3.10. The number of rotatable bonds is 2. The van der Waals surface area contributed by atoms with Gasteiger partial charge >= 0.3 is 12.0 Å². The summed E-state index contributed by atoms with van der Waals surface area (Å²) in [5, 5.41) is 11.5. The molecular weight excluding hydrogens is 295 g/mol. The first kappa shape index (κ1) is 14.0. The monoisotopic (exact) mass is 304 g/mol. The van der Waals surface area contributed by atoms with Gasteiger partial charge in [0.25, 0.3) is 0 Å². The Morgan fingerprint density at radius 1 is 1.53 bits per heavy atom. The number of carbonyl (C=O) groups is 2. The molecule has 0 aliphatic carbocycles. The molecule has 0 unspecified atom stereocenters. The van der Waals surface area contributed by atoms with E-state index in [0.717, 1.165) is 11.0 Å². The van der Waals surface area contributed by atoms with Crippen molar-refractivity contribution in [1.29, 1.82) is 0 Å². The van der Waals surface area contributed by atoms with Crippen molar-refractivity contribution in [3.63, 3.8) is 0 Å². The van der Waals surface area contributed by atoms with Crippen LogP contribution >= 0.6 is 23.4 Å². The Balaban J connectivity index is 2.10. The number of benzene rings is 1. The molecule has 1 aromatic rings. The van der Waals surface area contributed by atoms with Crippen LogP contribution in [0.3, 0.4) is 0 Å². The lowest BCUT2D eigenvalue weighted by Crippen LogP contribution is -2.44. The first-order valence-corrected chi connectivity index (χ1v) is 6.85. The summed E-state index contributed by atoms with van der Waals surface area (Å²) in [4.78, 5) is 24.0. The number of carbonyl (C=O) groups excluding carboxylic acids is 1. The van der Waals surface area contributed by atoms with Gasteiger partial charge in [-0.05, 0) is 18.2 Å². The maximum Gasteiger partial charge on any atom is 0.327 e. The lowest BCUT2D eigenvalue weighted by molar-refractivity contribution is -0.140. The average Bonchev–Trinajstić information content (AvgIpc) is 2.82. The van der Waals surface area contributed by atoms with Gasteiger partial charge in [0.2, 0.25) is 0 Å². The van der Waals surface area contributed by atoms with E-state index < -0.39 is 23.9 Å². The van der Waals surface area contributed by atoms with Crippen LogP contribution in [0.2, 0.25) is 5.02 Å². The number of amides is 2. The number of anilines is 1. The molecule has 19 heavy (non-hydrogen) atoms. The van der Waals surface area contributed by atoms with Gasteiger partial charge in [-0.25, -0.2) is 14.0 Å². The zero-order valence-corrected chi connectivity index (χ0v) is 11.2. The van der Waals surface area contributed by atoms with Gasteiger partial charge in [-0.3, -0.25) is 0 Å². The molecule has 1 heterocycles. The number of urea groups is 1. The third-order valence-electron chi connectivity index (χ3n) is 2.60. The molecule has 0 saturated carbocycles. The van der Waals surface area contributed by atoms with Crippen LogP contribution in [-0.2, 0) is 4.79 Å². The number of carboxylic acids is 1. The molecule has 2 amide bonds. The summed E-state index contributed by atoms with van der Waals surface area (Å²) >= 11 is 6.93. The summed E-state index contributed by atoms with van der Waals surface area (Å²) in [5.41, 5.74) is -0.0320. The van der Waals surface area contributed by atoms with E-state index in [4.69, 9.17) is 16.7 Å². The van der Waals surface area contributed by atoms with E-state index in [-0.39, 0.29) is 16.6 Å². The van der Waals surface area contributed by atoms with Crippen molar-refractivity contribution in [3.8, 4) is 0 Å². The second-order valence-electron chi connectivity index (χ2n) is 3.88. The van der Waals surface area contributed by atoms with Crippen LogP contribution in [0.1, 0.15) is 0 Å². The van der Waals surface area contributed by atoms with E-state index in [0.29, 0.717) is 5.75 Å². The van der Waals surface area contributed by atoms with Gasteiger partial charge in [-0.2, -0.15) is 0 Å². The Morgan fingerprint density at radius 3 is 2.89 bits per heavy atom. The minimum atomic E-state index is -1.07. The number of aliphatic carboxylic acids is 1. The Morgan fingerprint density at radius 2 is 2.26 bits per heavy atom. The highest BCUT2D eigenvalue weighted by atomic mass is 35.5. The molecule has 2 N–H and O–H groups in total. The molecule has 0 bridgehead atoms. The first-order valence-electron chi connectivity index (χ1n) is 5.32. The summed E-state index contributed by atoms with van der Waals surface area (Å²) in [6, 6.07) is 2.31. The van der Waals surface area contributed by atoms with Crippen molar-refractivity contribution in [3.05, 3.63) is 29.0 Å². The van der Waals surface area contributed by atoms with Crippen LogP contribution in [0.5, 0.6) is 0 Å². The molecule has 0 spiro atoms. The van der Waals surface area contributed by atoms with Gasteiger partial charge < -0.3 is 15.3 Å². The highest BCUT2D eigenvalue weighted by Crippen LogP contribution is 2.24. The van der Waals surface area contributed by atoms with Gasteiger partial charge in [0.05, 0.1) is 11.6 Å². The zero-order chi connectivity index (χ0) is 14.0. The molecular formula is C11H10ClFN2O3S. The van der Waals surface area contributed by atoms with Crippen LogP contribution in [0, 0.1) is 5.82 Å². The summed E-state index contributed by atoms with van der Waals surface area (Å²) in [6.07, 6.45) is 0. The Labute approximate surface area is 117 Å². The standard InChI is InChI=1S/C11H10ClFN2O3S/c12-6-1-2-8(7(13)3-6)14-11(18)15-5-19-4-9(15)10(16)17/h1-3,9H,4-5H2,(H,14,18)(H,16,17)/t9-/m0/s1. The van der Waals surface area contributed by atoms with Crippen LogP contribution in [-0.4, -0.2) is 39.7 Å². The Hall–Kier alpha value is -1.47. The van der Waals surface area contributed by atoms with Crippen LogP contribution in [0.4, 0.5) is 14.9 Å². The molecule has 1 fully saturated rings. The molecule has 0 aromatic heterocycles. The number of hydrogen-bond donors (Lipinski definition) is 2. The molecule has 2 rings (SSSR count). The zero-order valence-electron chi connectivity index (χ0n) is 9.60. The first-order chi connectivity index (χ1) is 8.99. The van der Waals surface area contributed by atoms with Crippen molar-refractivity contribution >= 4 is 41.1 Å². The van der Waals surface area contributed by atoms with Crippen molar-refractivity contribution in [2.24, 2.45) is 0 Å². The molecule has 5 nitrogen and oxygen atoms in total. The van der Waals surface area contributed by atoms with Crippen molar-refractivity contribution in [2.45, 2.75) is 6.04 Å². The smallest absolute Gasteiger partial charge is 0.327 e. The van der Waals surface area contributed by atoms with Gasteiger partial charge in [0.1, 0.15) is 11.9 Å². The van der Waals surface area contributed by atoms with Crippen molar-refractivity contribution < 1.29 is 19.1 Å². The van der Waals surface area contributed by atoms with Crippen molar-refractivity contribution in [2.75, 3.05) is 16.9 Å². The molecule has 102 valence electrons. The summed E-state index contributed by atoms with van der Waals surface area (Å²) in [7, 11) is 0. The maximum atomic E-state index is 13.5. The molecule has 1 saturated heterocycles. The molecule has 0 radical (unpaired) electrons. The quantitative estimate of drug-likeness (QED) is 0.880. The predicted octanol–water partition coefficient (Wildman–Crippen LogP) is 2.47. The van der Waals surface area contributed by atoms with E-state index in [2.05, 4.69) is 5.32 Å². The van der Waals surface area contributed by atoms with Crippen molar-refractivity contribution in [1.82, 2.24) is 4.90 Å². The second-order valence-corrected chi connectivity index (χ2v) is 5.31. The van der Waals surface area contributed by atoms with Gasteiger partial charge in [0, 0.05) is 10.8 Å². The average molecular weight is 305 g/mol. The SMILES string of the molecule is O=C(O)[C@@H]1CSCN1C(=O)Nc1ccc(Cl)cc1F. The molecule has 1 aliphatic rings. The molecule has 1 aliphatic heterocycles. The van der Waals surface area contributed by atoms with E-state index in [1.54, 1.807) is 0 Å². The number of halogens is 2. The van der Waals surface area contributed by atoms with Crippen LogP contribution in [0.15, 0.2) is 18.2 Å². The largest absolute Gasteiger partial charge is 0.480 e. The molecule has 1 atom stereocenters. The van der Waals surface area contributed by atoms with E-state index in [9.17, 15) is 14.0 Å². The molecule has 8 heteroatoms. The normalized spacial score (nSPS) is 18.4. The number of hydrogen-bond acceptors (Lipinski definition) is 3.